The molecule has 7 heteroatoms. The molecule has 0 aliphatic rings. The number of nitrogens with zero attached hydrogens (tertiary/aromatic N) is 1. The molecule has 0 saturated carbocycles. The van der Waals surface area contributed by atoms with Crippen molar-refractivity contribution >= 4 is 13.8 Å². The minimum Gasteiger partial charge on any atom is -0.371 e. The summed E-state index contributed by atoms with van der Waals surface area (Å²) in [6.45, 7) is 2.84. The van der Waals surface area contributed by atoms with E-state index in [-0.39, 0.29) is 13.0 Å². The van der Waals surface area contributed by atoms with Crippen molar-refractivity contribution in [3.8, 4) is 0 Å². The van der Waals surface area contributed by atoms with Crippen molar-refractivity contribution in [2.24, 2.45) is 0 Å². The van der Waals surface area contributed by atoms with Crippen molar-refractivity contribution < 1.29 is 27.8 Å². The molecule has 144 valence electrons. The molecule has 6 nitrogen and oxygen atoms in total. The molecule has 1 unspecified atom stereocenters. The first-order chi connectivity index (χ1) is 11.2. The molecular weight excluding hydrogens is 329 g/mol. The van der Waals surface area contributed by atoms with Crippen molar-refractivity contribution in [1.82, 2.24) is 0 Å². The van der Waals surface area contributed by atoms with Crippen LogP contribution >= 0.6 is 7.82 Å². The standard InChI is InChI=1S/C17H36NO5P/c1-5-6-7-8-9-10-11-12-13-14-17(19)23-24(20,21)22-16-15-18(2,3)4/h5-16H2,1-4H3/p+1. The fourth-order valence-electron chi connectivity index (χ4n) is 2.21. The second-order valence-corrected chi connectivity index (χ2v) is 8.74. The van der Waals surface area contributed by atoms with Gasteiger partial charge in [-0.3, -0.25) is 14.2 Å². The van der Waals surface area contributed by atoms with Crippen LogP contribution in [0.5, 0.6) is 0 Å². The second kappa shape index (κ2) is 12.9. The molecule has 0 bridgehead atoms. The fraction of sp³-hybridized carbons (Fsp3) is 0.941. The van der Waals surface area contributed by atoms with Crippen LogP contribution in [0.4, 0.5) is 0 Å². The molecule has 0 aromatic rings. The lowest BCUT2D eigenvalue weighted by Crippen LogP contribution is -2.37. The number of carbonyl (C=O) groups excluding carboxylic acids is 1. The van der Waals surface area contributed by atoms with Gasteiger partial charge in [-0.25, -0.2) is 4.57 Å². The zero-order chi connectivity index (χ0) is 18.5. The summed E-state index contributed by atoms with van der Waals surface area (Å²) < 4.78 is 21.6. The van der Waals surface area contributed by atoms with Gasteiger partial charge in [-0.1, -0.05) is 58.3 Å². The summed E-state index contributed by atoms with van der Waals surface area (Å²) in [5.41, 5.74) is 0. The van der Waals surface area contributed by atoms with Crippen LogP contribution < -0.4 is 0 Å². The molecule has 0 aromatic carbocycles. The van der Waals surface area contributed by atoms with Gasteiger partial charge >= 0.3 is 13.8 Å². The van der Waals surface area contributed by atoms with Crippen LogP contribution in [0.1, 0.15) is 71.1 Å². The van der Waals surface area contributed by atoms with E-state index in [4.69, 9.17) is 4.52 Å². The lowest BCUT2D eigenvalue weighted by molar-refractivity contribution is -0.870. The van der Waals surface area contributed by atoms with E-state index >= 15 is 0 Å². The zero-order valence-corrected chi connectivity index (χ0v) is 16.9. The molecule has 0 aromatic heterocycles. The third-order valence-corrected chi connectivity index (χ3v) is 4.66. The molecule has 0 spiro atoms. The smallest absolute Gasteiger partial charge is 0.371 e. The minimum atomic E-state index is -4.27. The third-order valence-electron chi connectivity index (χ3n) is 3.72. The first kappa shape index (κ1) is 23.6. The van der Waals surface area contributed by atoms with Gasteiger partial charge in [0.25, 0.3) is 0 Å². The average molecular weight is 366 g/mol. The normalized spacial score (nSPS) is 14.4. The molecule has 0 rings (SSSR count). The predicted octanol–water partition coefficient (Wildman–Crippen LogP) is 4.27. The van der Waals surface area contributed by atoms with Crippen LogP contribution in [0.3, 0.4) is 0 Å². The molecule has 0 fully saturated rings. The molecule has 0 radical (unpaired) electrons. The van der Waals surface area contributed by atoms with Crippen LogP contribution in [0, 0.1) is 0 Å². The highest BCUT2D eigenvalue weighted by Crippen LogP contribution is 2.43. The van der Waals surface area contributed by atoms with Gasteiger partial charge in [0, 0.05) is 6.42 Å². The molecule has 1 N–H and O–H groups in total. The number of phosphoric ester groups is 1. The Kier molecular flexibility index (Phi) is 12.6. The highest BCUT2D eigenvalue weighted by molar-refractivity contribution is 7.48. The SMILES string of the molecule is CCCCCCCCCCCC(=O)OP(=O)(O)OCC[N+](C)(C)C. The van der Waals surface area contributed by atoms with Crippen LogP contribution in [0.2, 0.25) is 0 Å². The average Bonchev–Trinajstić information content (AvgIpc) is 2.43. The van der Waals surface area contributed by atoms with Crippen molar-refractivity contribution in [2.75, 3.05) is 34.3 Å². The monoisotopic (exact) mass is 366 g/mol. The molecule has 0 aliphatic heterocycles. The topological polar surface area (TPSA) is 72.8 Å². The quantitative estimate of drug-likeness (QED) is 0.266. The van der Waals surface area contributed by atoms with Gasteiger partial charge in [-0.15, -0.1) is 0 Å². The number of carbonyl (C=O) groups is 1. The largest absolute Gasteiger partial charge is 0.529 e. The van der Waals surface area contributed by atoms with E-state index in [1.54, 1.807) is 0 Å². The summed E-state index contributed by atoms with van der Waals surface area (Å²) in [6.07, 6.45) is 10.5. The summed E-state index contributed by atoms with van der Waals surface area (Å²) in [7, 11) is 1.57. The molecular formula is C17H37NO5P+. The van der Waals surface area contributed by atoms with Gasteiger partial charge < -0.3 is 9.01 Å². The Labute approximate surface area is 147 Å². The number of quaternary nitrogens is 1. The second-order valence-electron chi connectivity index (χ2n) is 7.36. The van der Waals surface area contributed by atoms with Gasteiger partial charge in [-0.05, 0) is 6.42 Å². The molecule has 24 heavy (non-hydrogen) atoms. The molecule has 0 heterocycles. The number of likely N-dealkylation sites (N-methyl/N-ethyl adjacent to an activating group) is 1. The van der Waals surface area contributed by atoms with Gasteiger partial charge in [-0.2, -0.15) is 0 Å². The van der Waals surface area contributed by atoms with Crippen molar-refractivity contribution in [2.45, 2.75) is 71.1 Å². The summed E-state index contributed by atoms with van der Waals surface area (Å²) in [5.74, 6) is -0.658. The Morgan fingerprint density at radius 3 is 1.96 bits per heavy atom. The molecule has 0 aliphatic carbocycles. The Morgan fingerprint density at radius 2 is 1.46 bits per heavy atom. The summed E-state index contributed by atoms with van der Waals surface area (Å²) in [5, 5.41) is 0. The van der Waals surface area contributed by atoms with Gasteiger partial charge in [0.1, 0.15) is 13.2 Å². The van der Waals surface area contributed by atoms with Crippen molar-refractivity contribution in [3.05, 3.63) is 0 Å². The van der Waals surface area contributed by atoms with Gasteiger partial charge in [0.2, 0.25) is 0 Å². The van der Waals surface area contributed by atoms with Crippen molar-refractivity contribution in [1.29, 1.82) is 0 Å². The van der Waals surface area contributed by atoms with E-state index in [9.17, 15) is 14.3 Å². The minimum absolute atomic E-state index is 0.0720. The van der Waals surface area contributed by atoms with Crippen LogP contribution in [-0.4, -0.2) is 49.6 Å². The van der Waals surface area contributed by atoms with E-state index in [0.717, 1.165) is 12.8 Å². The van der Waals surface area contributed by atoms with E-state index in [1.807, 2.05) is 21.1 Å². The van der Waals surface area contributed by atoms with Gasteiger partial charge in [0.05, 0.1) is 21.1 Å². The lowest BCUT2D eigenvalue weighted by atomic mass is 10.1. The number of rotatable bonds is 15. The zero-order valence-electron chi connectivity index (χ0n) is 16.0. The van der Waals surface area contributed by atoms with E-state index in [0.29, 0.717) is 17.4 Å². The third kappa shape index (κ3) is 16.4. The van der Waals surface area contributed by atoms with E-state index in [1.165, 1.54) is 38.5 Å². The molecule has 1 atom stereocenters. The Balaban J connectivity index is 3.65. The van der Waals surface area contributed by atoms with Gasteiger partial charge in [0.15, 0.2) is 0 Å². The first-order valence-electron chi connectivity index (χ1n) is 9.16. The van der Waals surface area contributed by atoms with Crippen LogP contribution in [-0.2, 0) is 18.4 Å². The first-order valence-corrected chi connectivity index (χ1v) is 10.7. The number of hydrogen-bond donors (Lipinski definition) is 1. The summed E-state index contributed by atoms with van der Waals surface area (Å²) >= 11 is 0. The maximum Gasteiger partial charge on any atom is 0.529 e. The Bertz CT molecular complexity index is 382. The van der Waals surface area contributed by atoms with E-state index < -0.39 is 13.8 Å². The van der Waals surface area contributed by atoms with Crippen LogP contribution in [0.25, 0.3) is 0 Å². The molecule has 0 saturated heterocycles. The van der Waals surface area contributed by atoms with E-state index in [2.05, 4.69) is 11.4 Å². The number of phosphoric acid groups is 1. The lowest BCUT2D eigenvalue weighted by Gasteiger charge is -2.23. The predicted molar refractivity (Wildman–Crippen MR) is 96.6 cm³/mol. The summed E-state index contributed by atoms with van der Waals surface area (Å²) in [4.78, 5) is 21.1. The highest BCUT2D eigenvalue weighted by Gasteiger charge is 2.26. The maximum atomic E-state index is 11.7. The highest BCUT2D eigenvalue weighted by atomic mass is 31.2. The summed E-state index contributed by atoms with van der Waals surface area (Å²) in [6, 6.07) is 0. The Hall–Kier alpha value is -0.420. The fourth-order valence-corrected chi connectivity index (χ4v) is 2.92. The van der Waals surface area contributed by atoms with Crippen LogP contribution in [0.15, 0.2) is 0 Å². The Morgan fingerprint density at radius 1 is 0.958 bits per heavy atom. The maximum absolute atomic E-state index is 11.7. The molecule has 0 amide bonds. The number of unbranched alkanes of at least 4 members (excludes halogenated alkanes) is 8. The van der Waals surface area contributed by atoms with Crippen molar-refractivity contribution in [3.63, 3.8) is 0 Å². The number of hydrogen-bond acceptors (Lipinski definition) is 4.